The van der Waals surface area contributed by atoms with Crippen LogP contribution in [0.15, 0.2) is 28.7 Å². The second-order valence-electron chi connectivity index (χ2n) is 4.59. The molecule has 1 heterocycles. The molecule has 0 aliphatic carbocycles. The van der Waals surface area contributed by atoms with Gasteiger partial charge in [0.2, 0.25) is 0 Å². The highest BCUT2D eigenvalue weighted by atomic mass is 79.9. The number of esters is 1. The van der Waals surface area contributed by atoms with Crippen molar-refractivity contribution in [1.82, 2.24) is 4.98 Å². The van der Waals surface area contributed by atoms with E-state index in [2.05, 4.69) is 20.9 Å². The molecule has 20 heavy (non-hydrogen) atoms. The molecular weight excluding hydrogens is 338 g/mol. The van der Waals surface area contributed by atoms with Gasteiger partial charge in [0.05, 0.1) is 12.3 Å². The number of halogens is 1. The summed E-state index contributed by atoms with van der Waals surface area (Å²) in [6.07, 6.45) is 0. The first-order valence-electron chi connectivity index (χ1n) is 6.47. The van der Waals surface area contributed by atoms with Crippen LogP contribution >= 0.6 is 27.3 Å². The molecule has 106 valence electrons. The van der Waals surface area contributed by atoms with E-state index in [0.29, 0.717) is 11.5 Å². The third kappa shape index (κ3) is 3.10. The van der Waals surface area contributed by atoms with Crippen molar-refractivity contribution in [3.63, 3.8) is 0 Å². The highest BCUT2D eigenvalue weighted by molar-refractivity contribution is 9.10. The molecule has 0 saturated carbocycles. The summed E-state index contributed by atoms with van der Waals surface area (Å²) in [5.41, 5.74) is 1.80. The predicted octanol–water partition coefficient (Wildman–Crippen LogP) is 4.87. The van der Waals surface area contributed by atoms with E-state index in [9.17, 15) is 4.79 Å². The summed E-state index contributed by atoms with van der Waals surface area (Å²) in [6.45, 7) is 6.24. The molecule has 2 rings (SSSR count). The van der Waals surface area contributed by atoms with E-state index >= 15 is 0 Å². The Labute approximate surface area is 131 Å². The van der Waals surface area contributed by atoms with Crippen molar-refractivity contribution in [2.45, 2.75) is 26.7 Å². The zero-order valence-corrected chi connectivity index (χ0v) is 14.0. The first-order valence-corrected chi connectivity index (χ1v) is 8.08. The average molecular weight is 354 g/mol. The van der Waals surface area contributed by atoms with Gasteiger partial charge in [-0.15, -0.1) is 11.3 Å². The van der Waals surface area contributed by atoms with Crippen LogP contribution in [0.25, 0.3) is 10.6 Å². The van der Waals surface area contributed by atoms with Crippen LogP contribution in [0.4, 0.5) is 0 Å². The fraction of sp³-hybridized carbons (Fsp3) is 0.333. The van der Waals surface area contributed by atoms with Crippen LogP contribution in [-0.4, -0.2) is 17.6 Å². The maximum Gasteiger partial charge on any atom is 0.350 e. The van der Waals surface area contributed by atoms with Crippen LogP contribution in [0.3, 0.4) is 0 Å². The van der Waals surface area contributed by atoms with Crippen molar-refractivity contribution >= 4 is 33.2 Å². The maximum atomic E-state index is 12.0. The largest absolute Gasteiger partial charge is 0.462 e. The van der Waals surface area contributed by atoms with Gasteiger partial charge in [0, 0.05) is 10.0 Å². The maximum absolute atomic E-state index is 12.0. The average Bonchev–Trinajstić information content (AvgIpc) is 2.84. The number of thiazole rings is 1. The summed E-state index contributed by atoms with van der Waals surface area (Å²) in [4.78, 5) is 17.3. The molecule has 0 spiro atoms. The molecule has 0 saturated heterocycles. The van der Waals surface area contributed by atoms with Gasteiger partial charge in [0.25, 0.3) is 0 Å². The fourth-order valence-electron chi connectivity index (χ4n) is 1.82. The number of aromatic nitrogens is 1. The molecule has 0 amide bonds. The SMILES string of the molecule is CCOC(=O)c1sc(-c2ccccc2Br)nc1C(C)C. The van der Waals surface area contributed by atoms with Crippen molar-refractivity contribution in [2.24, 2.45) is 0 Å². The van der Waals surface area contributed by atoms with Gasteiger partial charge < -0.3 is 4.74 Å². The van der Waals surface area contributed by atoms with E-state index in [1.54, 1.807) is 0 Å². The molecule has 3 nitrogen and oxygen atoms in total. The van der Waals surface area contributed by atoms with Crippen molar-refractivity contribution < 1.29 is 9.53 Å². The minimum atomic E-state index is -0.285. The summed E-state index contributed by atoms with van der Waals surface area (Å²) < 4.78 is 6.09. The van der Waals surface area contributed by atoms with Gasteiger partial charge in [0.15, 0.2) is 0 Å². The van der Waals surface area contributed by atoms with E-state index in [-0.39, 0.29) is 11.9 Å². The molecule has 1 aromatic heterocycles. The number of ether oxygens (including phenoxy) is 1. The standard InChI is InChI=1S/C15H16BrNO2S/c1-4-19-15(18)13-12(9(2)3)17-14(20-13)10-7-5-6-8-11(10)16/h5-9H,4H2,1-3H3. The lowest BCUT2D eigenvalue weighted by molar-refractivity contribution is 0.0530. The molecule has 1 aromatic carbocycles. The number of benzene rings is 1. The molecule has 5 heteroatoms. The van der Waals surface area contributed by atoms with Crippen LogP contribution in [0.5, 0.6) is 0 Å². The van der Waals surface area contributed by atoms with Crippen LogP contribution in [0.2, 0.25) is 0 Å². The number of rotatable bonds is 4. The van der Waals surface area contributed by atoms with E-state index in [4.69, 9.17) is 4.74 Å². The second-order valence-corrected chi connectivity index (χ2v) is 6.44. The Morgan fingerprint density at radius 2 is 2.10 bits per heavy atom. The summed E-state index contributed by atoms with van der Waals surface area (Å²) in [7, 11) is 0. The highest BCUT2D eigenvalue weighted by Crippen LogP contribution is 2.35. The number of nitrogens with zero attached hydrogens (tertiary/aromatic N) is 1. The van der Waals surface area contributed by atoms with Gasteiger partial charge in [0.1, 0.15) is 9.88 Å². The van der Waals surface area contributed by atoms with Crippen molar-refractivity contribution in [3.8, 4) is 10.6 Å². The number of carbonyl (C=O) groups is 1. The lowest BCUT2D eigenvalue weighted by Crippen LogP contribution is -2.06. The van der Waals surface area contributed by atoms with Crippen molar-refractivity contribution in [1.29, 1.82) is 0 Å². The molecule has 0 bridgehead atoms. The van der Waals surface area contributed by atoms with Crippen LogP contribution in [0.1, 0.15) is 42.1 Å². The van der Waals surface area contributed by atoms with Gasteiger partial charge in [-0.1, -0.05) is 48.0 Å². The second kappa shape index (κ2) is 6.50. The zero-order chi connectivity index (χ0) is 14.7. The zero-order valence-electron chi connectivity index (χ0n) is 11.6. The highest BCUT2D eigenvalue weighted by Gasteiger charge is 2.22. The quantitative estimate of drug-likeness (QED) is 0.735. The first-order chi connectivity index (χ1) is 9.54. The Morgan fingerprint density at radius 3 is 2.70 bits per heavy atom. The molecule has 0 N–H and O–H groups in total. The fourth-order valence-corrected chi connectivity index (χ4v) is 3.57. The summed E-state index contributed by atoms with van der Waals surface area (Å²) in [5.74, 6) is -0.103. The van der Waals surface area contributed by atoms with E-state index in [0.717, 1.165) is 20.7 Å². The Bertz CT molecular complexity index is 622. The van der Waals surface area contributed by atoms with Crippen molar-refractivity contribution in [3.05, 3.63) is 39.3 Å². The first kappa shape index (κ1) is 15.2. The summed E-state index contributed by atoms with van der Waals surface area (Å²) in [5, 5.41) is 0.837. The Kier molecular flexibility index (Phi) is 4.94. The van der Waals surface area contributed by atoms with E-state index in [1.165, 1.54) is 11.3 Å². The van der Waals surface area contributed by atoms with Gasteiger partial charge >= 0.3 is 5.97 Å². The third-order valence-electron chi connectivity index (χ3n) is 2.77. The van der Waals surface area contributed by atoms with Gasteiger partial charge in [-0.25, -0.2) is 9.78 Å². The molecule has 0 atom stereocenters. The van der Waals surface area contributed by atoms with Gasteiger partial charge in [-0.3, -0.25) is 0 Å². The minimum Gasteiger partial charge on any atom is -0.462 e. The predicted molar refractivity (Wildman–Crippen MR) is 85.3 cm³/mol. The molecule has 0 fully saturated rings. The molecule has 0 unspecified atom stereocenters. The number of hydrogen-bond acceptors (Lipinski definition) is 4. The normalized spacial score (nSPS) is 10.8. The van der Waals surface area contributed by atoms with Crippen LogP contribution in [0, 0.1) is 0 Å². The van der Waals surface area contributed by atoms with E-state index in [1.807, 2.05) is 45.0 Å². The minimum absolute atomic E-state index is 0.182. The molecular formula is C15H16BrNO2S. The van der Waals surface area contributed by atoms with Crippen LogP contribution in [-0.2, 0) is 4.74 Å². The Balaban J connectivity index is 2.50. The van der Waals surface area contributed by atoms with Gasteiger partial charge in [-0.2, -0.15) is 0 Å². The third-order valence-corrected chi connectivity index (χ3v) is 4.54. The Hall–Kier alpha value is -1.20. The number of carbonyl (C=O) groups excluding carboxylic acids is 1. The topological polar surface area (TPSA) is 39.2 Å². The van der Waals surface area contributed by atoms with Crippen LogP contribution < -0.4 is 0 Å². The lowest BCUT2D eigenvalue weighted by atomic mass is 10.1. The van der Waals surface area contributed by atoms with Crippen molar-refractivity contribution in [2.75, 3.05) is 6.61 Å². The monoisotopic (exact) mass is 353 g/mol. The molecule has 0 aliphatic rings. The molecule has 0 radical (unpaired) electrons. The lowest BCUT2D eigenvalue weighted by Gasteiger charge is -2.04. The smallest absolute Gasteiger partial charge is 0.350 e. The van der Waals surface area contributed by atoms with Gasteiger partial charge in [-0.05, 0) is 18.9 Å². The molecule has 2 aromatic rings. The summed E-state index contributed by atoms with van der Waals surface area (Å²) >= 11 is 4.91. The molecule has 0 aliphatic heterocycles. The number of hydrogen-bond donors (Lipinski definition) is 0. The Morgan fingerprint density at radius 1 is 1.40 bits per heavy atom. The van der Waals surface area contributed by atoms with E-state index < -0.39 is 0 Å². The summed E-state index contributed by atoms with van der Waals surface area (Å²) in [6, 6.07) is 7.87.